The lowest BCUT2D eigenvalue weighted by Crippen LogP contribution is -2.50. The number of aromatic nitrogens is 3. The maximum absolute atomic E-state index is 12.3. The largest absolute Gasteiger partial charge is 0.324 e. The van der Waals surface area contributed by atoms with E-state index in [0.29, 0.717) is 18.5 Å². The zero-order chi connectivity index (χ0) is 15.5. The van der Waals surface area contributed by atoms with E-state index in [1.807, 2.05) is 49.7 Å². The van der Waals surface area contributed by atoms with Crippen LogP contribution in [-0.2, 0) is 11.8 Å². The summed E-state index contributed by atoms with van der Waals surface area (Å²) in [5.74, 6) is 0.582. The Hall–Kier alpha value is -2.21. The smallest absolute Gasteiger partial charge is 0.244 e. The minimum absolute atomic E-state index is 0.164. The van der Waals surface area contributed by atoms with Crippen molar-refractivity contribution in [2.24, 2.45) is 12.8 Å². The summed E-state index contributed by atoms with van der Waals surface area (Å²) in [5.41, 5.74) is 6.87. The summed E-state index contributed by atoms with van der Waals surface area (Å²) < 4.78 is 1.83. The molecular formula is C15H21N5O. The molecule has 1 aromatic heterocycles. The fraction of sp³-hybridized carbons (Fsp3) is 0.400. The minimum Gasteiger partial charge on any atom is -0.324 e. The topological polar surface area (TPSA) is 85.8 Å². The van der Waals surface area contributed by atoms with Crippen molar-refractivity contribution < 1.29 is 4.79 Å². The third kappa shape index (κ3) is 3.11. The predicted molar refractivity (Wildman–Crippen MR) is 82.6 cm³/mol. The molecule has 0 saturated heterocycles. The van der Waals surface area contributed by atoms with Crippen LogP contribution in [0.2, 0.25) is 0 Å². The first-order valence-electron chi connectivity index (χ1n) is 7.05. The van der Waals surface area contributed by atoms with Gasteiger partial charge in [0.15, 0.2) is 5.82 Å². The van der Waals surface area contributed by atoms with Crippen LogP contribution in [0.25, 0.3) is 11.4 Å². The van der Waals surface area contributed by atoms with Gasteiger partial charge in [0.25, 0.3) is 0 Å². The fourth-order valence-corrected chi connectivity index (χ4v) is 2.11. The number of nitrogens with one attached hydrogen (secondary N) is 1. The maximum Gasteiger partial charge on any atom is 0.244 e. The van der Waals surface area contributed by atoms with Gasteiger partial charge in [-0.1, -0.05) is 26.0 Å². The van der Waals surface area contributed by atoms with Crippen LogP contribution in [0.1, 0.15) is 26.7 Å². The molecule has 0 unspecified atom stereocenters. The second-order valence-corrected chi connectivity index (χ2v) is 5.16. The van der Waals surface area contributed by atoms with E-state index in [1.165, 1.54) is 0 Å². The number of anilines is 1. The van der Waals surface area contributed by atoms with Gasteiger partial charge in [-0.15, -0.1) is 10.2 Å². The molecule has 1 amide bonds. The molecule has 0 spiro atoms. The van der Waals surface area contributed by atoms with Gasteiger partial charge in [0, 0.05) is 18.3 Å². The Morgan fingerprint density at radius 3 is 2.67 bits per heavy atom. The van der Waals surface area contributed by atoms with Crippen LogP contribution in [0.5, 0.6) is 0 Å². The lowest BCUT2D eigenvalue weighted by Gasteiger charge is -2.25. The SMILES string of the molecule is CCC(N)(CC)C(=O)Nc1cccc(-c2nncn2C)c1. The molecule has 6 nitrogen and oxygen atoms in total. The molecule has 0 saturated carbocycles. The van der Waals surface area contributed by atoms with E-state index in [1.54, 1.807) is 6.33 Å². The average molecular weight is 287 g/mol. The Bertz CT molecular complexity index is 630. The van der Waals surface area contributed by atoms with Crippen LogP contribution >= 0.6 is 0 Å². The van der Waals surface area contributed by atoms with Gasteiger partial charge >= 0.3 is 0 Å². The van der Waals surface area contributed by atoms with Gasteiger partial charge in [0.05, 0.1) is 5.54 Å². The molecule has 3 N–H and O–H groups in total. The number of nitrogens with zero attached hydrogens (tertiary/aromatic N) is 3. The van der Waals surface area contributed by atoms with Gasteiger partial charge in [-0.2, -0.15) is 0 Å². The summed E-state index contributed by atoms with van der Waals surface area (Å²) in [5, 5.41) is 10.8. The molecule has 0 fully saturated rings. The number of hydrogen-bond donors (Lipinski definition) is 2. The molecule has 21 heavy (non-hydrogen) atoms. The summed E-state index contributed by atoms with van der Waals surface area (Å²) in [4.78, 5) is 12.3. The second kappa shape index (κ2) is 6.05. The number of rotatable bonds is 5. The highest BCUT2D eigenvalue weighted by atomic mass is 16.2. The Balaban J connectivity index is 2.23. The number of hydrogen-bond acceptors (Lipinski definition) is 4. The number of aryl methyl sites for hydroxylation is 1. The summed E-state index contributed by atoms with van der Waals surface area (Å²) in [7, 11) is 1.87. The van der Waals surface area contributed by atoms with Crippen molar-refractivity contribution in [1.29, 1.82) is 0 Å². The van der Waals surface area contributed by atoms with Gasteiger partial charge in [0.2, 0.25) is 5.91 Å². The molecule has 0 bridgehead atoms. The van der Waals surface area contributed by atoms with Gasteiger partial charge in [-0.25, -0.2) is 0 Å². The Morgan fingerprint density at radius 2 is 2.10 bits per heavy atom. The van der Waals surface area contributed by atoms with E-state index in [0.717, 1.165) is 11.4 Å². The molecule has 1 heterocycles. The first-order chi connectivity index (χ1) is 10.00. The molecule has 2 aromatic rings. The minimum atomic E-state index is -0.833. The van der Waals surface area contributed by atoms with Crippen molar-refractivity contribution in [1.82, 2.24) is 14.8 Å². The van der Waals surface area contributed by atoms with Gasteiger partial charge < -0.3 is 15.6 Å². The highest BCUT2D eigenvalue weighted by Gasteiger charge is 2.29. The van der Waals surface area contributed by atoms with Gasteiger partial charge in [-0.3, -0.25) is 4.79 Å². The van der Waals surface area contributed by atoms with Crippen LogP contribution in [0.3, 0.4) is 0 Å². The second-order valence-electron chi connectivity index (χ2n) is 5.16. The Kier molecular flexibility index (Phi) is 4.37. The summed E-state index contributed by atoms with van der Waals surface area (Å²) >= 11 is 0. The number of nitrogens with two attached hydrogens (primary N) is 1. The number of benzene rings is 1. The number of carbonyl (C=O) groups excluding carboxylic acids is 1. The third-order valence-corrected chi connectivity index (χ3v) is 3.80. The van der Waals surface area contributed by atoms with Crippen molar-refractivity contribution in [2.75, 3.05) is 5.32 Å². The van der Waals surface area contributed by atoms with Crippen LogP contribution in [-0.4, -0.2) is 26.2 Å². The fourth-order valence-electron chi connectivity index (χ4n) is 2.11. The van der Waals surface area contributed by atoms with E-state index in [2.05, 4.69) is 15.5 Å². The molecule has 0 aliphatic heterocycles. The van der Waals surface area contributed by atoms with E-state index in [-0.39, 0.29) is 5.91 Å². The molecule has 1 aromatic carbocycles. The van der Waals surface area contributed by atoms with Crippen LogP contribution in [0.15, 0.2) is 30.6 Å². The molecule has 2 rings (SSSR count). The van der Waals surface area contributed by atoms with E-state index < -0.39 is 5.54 Å². The molecule has 112 valence electrons. The van der Waals surface area contributed by atoms with Crippen LogP contribution in [0.4, 0.5) is 5.69 Å². The monoisotopic (exact) mass is 287 g/mol. The molecule has 0 radical (unpaired) electrons. The predicted octanol–water partition coefficient (Wildman–Crippen LogP) is 1.94. The third-order valence-electron chi connectivity index (χ3n) is 3.80. The molecule has 6 heteroatoms. The summed E-state index contributed by atoms with van der Waals surface area (Å²) in [6.07, 6.45) is 2.83. The Morgan fingerprint density at radius 1 is 1.38 bits per heavy atom. The van der Waals surface area contributed by atoms with E-state index in [9.17, 15) is 4.79 Å². The number of amides is 1. The van der Waals surface area contributed by atoms with Crippen LogP contribution < -0.4 is 11.1 Å². The molecule has 0 aliphatic carbocycles. The van der Waals surface area contributed by atoms with Crippen molar-refractivity contribution in [3.8, 4) is 11.4 Å². The first kappa shape index (κ1) is 15.2. The lowest BCUT2D eigenvalue weighted by molar-refractivity contribution is -0.121. The van der Waals surface area contributed by atoms with Crippen molar-refractivity contribution in [3.05, 3.63) is 30.6 Å². The number of carbonyl (C=O) groups is 1. The zero-order valence-electron chi connectivity index (χ0n) is 12.6. The van der Waals surface area contributed by atoms with E-state index >= 15 is 0 Å². The van der Waals surface area contributed by atoms with Crippen molar-refractivity contribution >= 4 is 11.6 Å². The highest BCUT2D eigenvalue weighted by Crippen LogP contribution is 2.21. The zero-order valence-corrected chi connectivity index (χ0v) is 12.6. The average Bonchev–Trinajstić information content (AvgIpc) is 2.92. The molecule has 0 atom stereocenters. The Labute approximate surface area is 124 Å². The molecular weight excluding hydrogens is 266 g/mol. The lowest BCUT2D eigenvalue weighted by atomic mass is 9.93. The maximum atomic E-state index is 12.3. The van der Waals surface area contributed by atoms with E-state index in [4.69, 9.17) is 5.73 Å². The first-order valence-corrected chi connectivity index (χ1v) is 7.05. The summed E-state index contributed by atoms with van der Waals surface area (Å²) in [6.45, 7) is 3.83. The van der Waals surface area contributed by atoms with Crippen molar-refractivity contribution in [3.63, 3.8) is 0 Å². The molecule has 0 aliphatic rings. The van der Waals surface area contributed by atoms with Crippen LogP contribution in [0, 0.1) is 0 Å². The van der Waals surface area contributed by atoms with Crippen molar-refractivity contribution in [2.45, 2.75) is 32.2 Å². The normalized spacial score (nSPS) is 11.4. The standard InChI is InChI=1S/C15H21N5O/c1-4-15(16,5-2)14(21)18-12-8-6-7-11(9-12)13-19-17-10-20(13)3/h6-10H,4-5,16H2,1-3H3,(H,18,21). The van der Waals surface area contributed by atoms with Gasteiger partial charge in [-0.05, 0) is 25.0 Å². The quantitative estimate of drug-likeness (QED) is 0.880. The highest BCUT2D eigenvalue weighted by molar-refractivity contribution is 5.98. The summed E-state index contributed by atoms with van der Waals surface area (Å²) in [6, 6.07) is 7.50. The van der Waals surface area contributed by atoms with Gasteiger partial charge in [0.1, 0.15) is 6.33 Å².